The van der Waals surface area contributed by atoms with Gasteiger partial charge in [-0.1, -0.05) is 54.1 Å². The molecule has 1 aromatic heterocycles. The number of aryl methyl sites for hydroxylation is 2. The average molecular weight is 451 g/mol. The maximum absolute atomic E-state index is 12.9. The minimum Gasteiger partial charge on any atom is -0.348 e. The number of rotatable bonds is 6. The van der Waals surface area contributed by atoms with Gasteiger partial charge in [0.25, 0.3) is 11.1 Å². The minimum absolute atomic E-state index is 0.245. The van der Waals surface area contributed by atoms with E-state index in [9.17, 15) is 9.59 Å². The van der Waals surface area contributed by atoms with Crippen molar-refractivity contribution < 1.29 is 9.59 Å². The second-order valence-corrected chi connectivity index (χ2v) is 9.04. The van der Waals surface area contributed by atoms with Crippen molar-refractivity contribution in [2.45, 2.75) is 33.4 Å². The topological polar surface area (TPSA) is 42.3 Å². The Morgan fingerprint density at radius 3 is 2.39 bits per heavy atom. The number of benzene rings is 2. The smallest absolute Gasteiger partial charge is 0.293 e. The molecule has 158 valence electrons. The maximum atomic E-state index is 12.9. The number of aromatic nitrogens is 1. The third-order valence-electron chi connectivity index (χ3n) is 5.49. The van der Waals surface area contributed by atoms with E-state index in [1.165, 1.54) is 10.5 Å². The molecule has 0 saturated carbocycles. The van der Waals surface area contributed by atoms with E-state index in [-0.39, 0.29) is 17.7 Å². The van der Waals surface area contributed by atoms with Gasteiger partial charge in [0.1, 0.15) is 0 Å². The van der Waals surface area contributed by atoms with Gasteiger partial charge in [0.15, 0.2) is 0 Å². The Kier molecular flexibility index (Phi) is 6.35. The number of carbonyl (C=O) groups is 2. The van der Waals surface area contributed by atoms with Gasteiger partial charge < -0.3 is 4.57 Å². The van der Waals surface area contributed by atoms with Crippen LogP contribution in [-0.4, -0.2) is 20.6 Å². The largest absolute Gasteiger partial charge is 0.348 e. The molecular formula is C25H23ClN2O2S. The van der Waals surface area contributed by atoms with Gasteiger partial charge in [-0.2, -0.15) is 0 Å². The van der Waals surface area contributed by atoms with Crippen molar-refractivity contribution in [2.75, 3.05) is 0 Å². The Labute approximate surface area is 191 Å². The first-order chi connectivity index (χ1) is 14.9. The van der Waals surface area contributed by atoms with Crippen molar-refractivity contribution in [3.63, 3.8) is 0 Å². The van der Waals surface area contributed by atoms with Crippen molar-refractivity contribution in [3.05, 3.63) is 98.7 Å². The molecule has 0 bridgehead atoms. The number of nitrogens with zero attached hydrogens (tertiary/aromatic N) is 2. The molecule has 0 atom stereocenters. The predicted molar refractivity (Wildman–Crippen MR) is 127 cm³/mol. The number of halogens is 1. The molecular weight excluding hydrogens is 428 g/mol. The van der Waals surface area contributed by atoms with Gasteiger partial charge in [0, 0.05) is 23.0 Å². The van der Waals surface area contributed by atoms with E-state index < -0.39 is 0 Å². The van der Waals surface area contributed by atoms with Crippen molar-refractivity contribution in [3.8, 4) is 0 Å². The highest BCUT2D eigenvalue weighted by atomic mass is 35.5. The first kappa shape index (κ1) is 21.5. The fourth-order valence-corrected chi connectivity index (χ4v) is 4.71. The molecule has 4 nitrogen and oxygen atoms in total. The number of thioether (sulfide) groups is 1. The zero-order chi connectivity index (χ0) is 22.0. The second-order valence-electron chi connectivity index (χ2n) is 7.61. The molecule has 2 heterocycles. The highest BCUT2D eigenvalue weighted by molar-refractivity contribution is 8.18. The van der Waals surface area contributed by atoms with Gasteiger partial charge in [-0.05, 0) is 73.0 Å². The summed E-state index contributed by atoms with van der Waals surface area (Å²) < 4.78 is 2.26. The Morgan fingerprint density at radius 1 is 0.968 bits per heavy atom. The lowest BCUT2D eigenvalue weighted by atomic mass is 10.1. The Balaban J connectivity index is 1.51. The summed E-state index contributed by atoms with van der Waals surface area (Å²) in [6.07, 6.45) is 2.78. The molecule has 31 heavy (non-hydrogen) atoms. The number of hydrogen-bond donors (Lipinski definition) is 0. The van der Waals surface area contributed by atoms with E-state index in [2.05, 4.69) is 48.7 Å². The fraction of sp³-hybridized carbons (Fsp3) is 0.200. The van der Waals surface area contributed by atoms with Crippen LogP contribution in [0.25, 0.3) is 6.08 Å². The molecule has 2 aromatic carbocycles. The maximum Gasteiger partial charge on any atom is 0.293 e. The molecule has 3 aromatic rings. The van der Waals surface area contributed by atoms with Gasteiger partial charge >= 0.3 is 0 Å². The average Bonchev–Trinajstić information content (AvgIpc) is 3.18. The number of hydrogen-bond acceptors (Lipinski definition) is 3. The molecule has 2 amide bonds. The summed E-state index contributed by atoms with van der Waals surface area (Å²) in [7, 11) is 0. The molecule has 1 aliphatic heterocycles. The number of imide groups is 1. The van der Waals surface area contributed by atoms with E-state index in [0.717, 1.165) is 47.2 Å². The van der Waals surface area contributed by atoms with Crippen molar-refractivity contribution in [1.82, 2.24) is 9.47 Å². The normalized spacial score (nSPS) is 15.3. The zero-order valence-electron chi connectivity index (χ0n) is 17.5. The van der Waals surface area contributed by atoms with E-state index in [0.29, 0.717) is 9.93 Å². The van der Waals surface area contributed by atoms with Gasteiger partial charge in [-0.25, -0.2) is 0 Å². The quantitative estimate of drug-likeness (QED) is 0.417. The lowest BCUT2D eigenvalue weighted by Crippen LogP contribution is -2.27. The van der Waals surface area contributed by atoms with Crippen LogP contribution < -0.4 is 0 Å². The first-order valence-electron chi connectivity index (χ1n) is 10.1. The molecule has 0 aliphatic carbocycles. The van der Waals surface area contributed by atoms with Crippen LogP contribution in [0.5, 0.6) is 0 Å². The third kappa shape index (κ3) is 4.78. The Bertz CT molecular complexity index is 1150. The minimum atomic E-state index is -0.251. The molecule has 0 radical (unpaired) electrons. The molecule has 0 unspecified atom stereocenters. The summed E-state index contributed by atoms with van der Waals surface area (Å²) in [4.78, 5) is 27.1. The summed E-state index contributed by atoms with van der Waals surface area (Å²) in [6.45, 7) is 5.24. The SMILES string of the molecule is Cc1cc(/C=C2\SC(=O)N(Cc3ccc(Cl)cc3)C2=O)c(C)n1CCc1ccccc1. The number of amides is 2. The second kappa shape index (κ2) is 9.16. The third-order valence-corrected chi connectivity index (χ3v) is 6.65. The molecule has 1 aliphatic rings. The lowest BCUT2D eigenvalue weighted by molar-refractivity contribution is -0.123. The highest BCUT2D eigenvalue weighted by Crippen LogP contribution is 2.34. The van der Waals surface area contributed by atoms with Gasteiger partial charge in [0.05, 0.1) is 11.4 Å². The van der Waals surface area contributed by atoms with Crippen LogP contribution in [0.3, 0.4) is 0 Å². The molecule has 0 N–H and O–H groups in total. The van der Waals surface area contributed by atoms with Gasteiger partial charge in [-0.3, -0.25) is 14.5 Å². The number of carbonyl (C=O) groups excluding carboxylic acids is 2. The van der Waals surface area contributed by atoms with Crippen molar-refractivity contribution in [2.24, 2.45) is 0 Å². The molecule has 0 spiro atoms. The van der Waals surface area contributed by atoms with Crippen molar-refractivity contribution >= 4 is 40.6 Å². The van der Waals surface area contributed by atoms with Crippen LogP contribution in [0.15, 0.2) is 65.6 Å². The Morgan fingerprint density at radius 2 is 1.68 bits per heavy atom. The van der Waals surface area contributed by atoms with Gasteiger partial charge in [0.2, 0.25) is 0 Å². The van der Waals surface area contributed by atoms with Crippen molar-refractivity contribution in [1.29, 1.82) is 0 Å². The monoisotopic (exact) mass is 450 g/mol. The summed E-state index contributed by atoms with van der Waals surface area (Å²) in [5, 5.41) is 0.379. The zero-order valence-corrected chi connectivity index (χ0v) is 19.0. The van der Waals surface area contributed by atoms with E-state index in [4.69, 9.17) is 11.6 Å². The summed E-state index contributed by atoms with van der Waals surface area (Å²) in [6, 6.07) is 19.6. The summed E-state index contributed by atoms with van der Waals surface area (Å²) in [5.41, 5.74) is 5.37. The molecule has 6 heteroatoms. The van der Waals surface area contributed by atoms with Crippen LogP contribution in [0.2, 0.25) is 5.02 Å². The van der Waals surface area contributed by atoms with E-state index in [1.807, 2.05) is 24.3 Å². The Hall–Kier alpha value is -2.76. The molecule has 1 fully saturated rings. The van der Waals surface area contributed by atoms with E-state index >= 15 is 0 Å². The van der Waals surface area contributed by atoms with Crippen LogP contribution in [0.4, 0.5) is 4.79 Å². The first-order valence-corrected chi connectivity index (χ1v) is 11.3. The molecule has 4 rings (SSSR count). The summed E-state index contributed by atoms with van der Waals surface area (Å²) in [5.74, 6) is -0.251. The van der Waals surface area contributed by atoms with Crippen LogP contribution in [0, 0.1) is 13.8 Å². The molecule has 1 saturated heterocycles. The standard InChI is InChI=1S/C25H23ClN2O2S/c1-17-14-21(18(2)27(17)13-12-19-6-4-3-5-7-19)15-23-24(29)28(25(30)31-23)16-20-8-10-22(26)11-9-20/h3-11,14-15H,12-13,16H2,1-2H3/b23-15-. The lowest BCUT2D eigenvalue weighted by Gasteiger charge is -2.12. The van der Waals surface area contributed by atoms with Gasteiger partial charge in [-0.15, -0.1) is 0 Å². The fourth-order valence-electron chi connectivity index (χ4n) is 3.75. The van der Waals surface area contributed by atoms with Crippen LogP contribution in [-0.2, 0) is 24.3 Å². The van der Waals surface area contributed by atoms with Crippen LogP contribution in [0.1, 0.15) is 28.1 Å². The predicted octanol–water partition coefficient (Wildman–Crippen LogP) is 6.24. The highest BCUT2D eigenvalue weighted by Gasteiger charge is 2.35. The van der Waals surface area contributed by atoms with E-state index in [1.54, 1.807) is 12.1 Å². The summed E-state index contributed by atoms with van der Waals surface area (Å²) >= 11 is 6.92. The van der Waals surface area contributed by atoms with Crippen LogP contribution >= 0.6 is 23.4 Å².